The molecule has 0 spiro atoms. The second-order valence-corrected chi connectivity index (χ2v) is 4.79. The van der Waals surface area contributed by atoms with E-state index in [2.05, 4.69) is 6.07 Å². The summed E-state index contributed by atoms with van der Waals surface area (Å²) in [5.74, 6) is 0.631. The molecule has 1 amide bonds. The molecule has 0 saturated heterocycles. The summed E-state index contributed by atoms with van der Waals surface area (Å²) < 4.78 is 5.56. The number of ether oxygens (including phenoxy) is 1. The lowest BCUT2D eigenvalue weighted by molar-refractivity contribution is -0.133. The van der Waals surface area contributed by atoms with Crippen LogP contribution in [0.4, 0.5) is 0 Å². The zero-order valence-corrected chi connectivity index (χ0v) is 11.3. The maximum absolute atomic E-state index is 12.0. The van der Waals surface area contributed by atoms with Crippen molar-refractivity contribution >= 4 is 5.91 Å². The molecule has 19 heavy (non-hydrogen) atoms. The van der Waals surface area contributed by atoms with Gasteiger partial charge < -0.3 is 9.64 Å². The fraction of sp³-hybridized carbons (Fsp3) is 0.467. The number of rotatable bonds is 5. The lowest BCUT2D eigenvalue weighted by Gasteiger charge is -2.20. The molecule has 0 N–H and O–H groups in total. The SMILES string of the molecule is CCN(C(=O)COc1cc(C#N)ccc1C)C1CC1. The molecular weight excluding hydrogens is 240 g/mol. The Balaban J connectivity index is 1.98. The maximum Gasteiger partial charge on any atom is 0.260 e. The number of carbonyl (C=O) groups is 1. The smallest absolute Gasteiger partial charge is 0.260 e. The molecule has 0 aliphatic heterocycles. The molecule has 100 valence electrons. The number of aryl methyl sites for hydroxylation is 1. The van der Waals surface area contributed by atoms with Gasteiger partial charge in [0.2, 0.25) is 0 Å². The Labute approximate surface area is 113 Å². The first-order valence-corrected chi connectivity index (χ1v) is 6.58. The quantitative estimate of drug-likeness (QED) is 0.814. The Hall–Kier alpha value is -2.02. The minimum atomic E-state index is 0.0201. The van der Waals surface area contributed by atoms with Crippen LogP contribution in [0.15, 0.2) is 18.2 Å². The number of nitrogens with zero attached hydrogens (tertiary/aromatic N) is 2. The fourth-order valence-electron chi connectivity index (χ4n) is 2.07. The normalized spacial score (nSPS) is 13.7. The van der Waals surface area contributed by atoms with Crippen molar-refractivity contribution in [1.29, 1.82) is 5.26 Å². The second kappa shape index (κ2) is 5.75. The Morgan fingerprint density at radius 3 is 2.84 bits per heavy atom. The molecule has 0 radical (unpaired) electrons. The summed E-state index contributed by atoms with van der Waals surface area (Å²) >= 11 is 0. The van der Waals surface area contributed by atoms with E-state index < -0.39 is 0 Å². The first kappa shape index (κ1) is 13.4. The van der Waals surface area contributed by atoms with Crippen molar-refractivity contribution < 1.29 is 9.53 Å². The van der Waals surface area contributed by atoms with E-state index in [-0.39, 0.29) is 12.5 Å². The Kier molecular flexibility index (Phi) is 4.06. The van der Waals surface area contributed by atoms with Crippen molar-refractivity contribution in [2.75, 3.05) is 13.2 Å². The van der Waals surface area contributed by atoms with Crippen LogP contribution in [0.3, 0.4) is 0 Å². The van der Waals surface area contributed by atoms with Gasteiger partial charge in [0.25, 0.3) is 5.91 Å². The van der Waals surface area contributed by atoms with Crippen molar-refractivity contribution in [3.8, 4) is 11.8 Å². The first-order chi connectivity index (χ1) is 9.15. The Morgan fingerprint density at radius 1 is 1.53 bits per heavy atom. The van der Waals surface area contributed by atoms with E-state index in [1.165, 1.54) is 0 Å². The second-order valence-electron chi connectivity index (χ2n) is 4.79. The number of nitriles is 1. The van der Waals surface area contributed by atoms with E-state index in [9.17, 15) is 4.79 Å². The summed E-state index contributed by atoms with van der Waals surface area (Å²) in [6.45, 7) is 4.65. The number of hydrogen-bond donors (Lipinski definition) is 0. The molecule has 1 aromatic rings. The van der Waals surface area contributed by atoms with Gasteiger partial charge in [-0.2, -0.15) is 5.26 Å². The zero-order chi connectivity index (χ0) is 13.8. The third-order valence-corrected chi connectivity index (χ3v) is 3.32. The summed E-state index contributed by atoms with van der Waals surface area (Å²) in [5, 5.41) is 8.86. The minimum Gasteiger partial charge on any atom is -0.483 e. The number of benzene rings is 1. The standard InChI is InChI=1S/C15H18N2O2/c1-3-17(13-6-7-13)15(18)10-19-14-8-12(9-16)5-4-11(14)2/h4-5,8,13H,3,6-7,10H2,1-2H3. The van der Waals surface area contributed by atoms with Crippen LogP contribution < -0.4 is 4.74 Å². The van der Waals surface area contributed by atoms with Gasteiger partial charge in [-0.25, -0.2) is 0 Å². The van der Waals surface area contributed by atoms with Crippen LogP contribution in [0.25, 0.3) is 0 Å². The highest BCUT2D eigenvalue weighted by atomic mass is 16.5. The van der Waals surface area contributed by atoms with E-state index in [4.69, 9.17) is 10.00 Å². The summed E-state index contributed by atoms with van der Waals surface area (Å²) in [6.07, 6.45) is 2.20. The van der Waals surface area contributed by atoms with Crippen LogP contribution in [0.5, 0.6) is 5.75 Å². The minimum absolute atomic E-state index is 0.0201. The van der Waals surface area contributed by atoms with Gasteiger partial charge in [-0.05, 0) is 44.4 Å². The molecule has 1 aliphatic carbocycles. The molecule has 2 rings (SSSR count). The molecule has 0 heterocycles. The molecule has 1 aliphatic rings. The first-order valence-electron chi connectivity index (χ1n) is 6.58. The molecular formula is C15H18N2O2. The highest BCUT2D eigenvalue weighted by molar-refractivity contribution is 5.78. The average molecular weight is 258 g/mol. The lowest BCUT2D eigenvalue weighted by atomic mass is 10.1. The van der Waals surface area contributed by atoms with Gasteiger partial charge in [0.05, 0.1) is 11.6 Å². The topological polar surface area (TPSA) is 53.3 Å². The third-order valence-electron chi connectivity index (χ3n) is 3.32. The van der Waals surface area contributed by atoms with Crippen molar-refractivity contribution in [1.82, 2.24) is 4.90 Å². The number of carbonyl (C=O) groups excluding carboxylic acids is 1. The lowest BCUT2D eigenvalue weighted by Crippen LogP contribution is -2.36. The summed E-state index contributed by atoms with van der Waals surface area (Å²) in [6, 6.07) is 7.73. The molecule has 1 fully saturated rings. The molecule has 0 bridgehead atoms. The summed E-state index contributed by atoms with van der Waals surface area (Å²) in [4.78, 5) is 13.9. The van der Waals surface area contributed by atoms with E-state index in [1.807, 2.05) is 24.8 Å². The van der Waals surface area contributed by atoms with Gasteiger partial charge in [-0.1, -0.05) is 6.07 Å². The van der Waals surface area contributed by atoms with Crippen molar-refractivity contribution in [2.45, 2.75) is 32.7 Å². The molecule has 0 unspecified atom stereocenters. The van der Waals surface area contributed by atoms with Crippen LogP contribution >= 0.6 is 0 Å². The fourth-order valence-corrected chi connectivity index (χ4v) is 2.07. The Bertz CT molecular complexity index is 515. The largest absolute Gasteiger partial charge is 0.483 e. The van der Waals surface area contributed by atoms with Crippen LogP contribution in [0, 0.1) is 18.3 Å². The van der Waals surface area contributed by atoms with Crippen molar-refractivity contribution in [3.05, 3.63) is 29.3 Å². The number of amides is 1. The maximum atomic E-state index is 12.0. The van der Waals surface area contributed by atoms with Crippen LogP contribution in [-0.2, 0) is 4.79 Å². The van der Waals surface area contributed by atoms with Gasteiger partial charge in [0.1, 0.15) is 5.75 Å². The summed E-state index contributed by atoms with van der Waals surface area (Å²) in [5.41, 5.74) is 1.48. The van der Waals surface area contributed by atoms with E-state index in [1.54, 1.807) is 12.1 Å². The number of likely N-dealkylation sites (N-methyl/N-ethyl adjacent to an activating group) is 1. The molecule has 1 saturated carbocycles. The predicted molar refractivity (Wildman–Crippen MR) is 71.8 cm³/mol. The van der Waals surface area contributed by atoms with Gasteiger partial charge in [0.15, 0.2) is 6.61 Å². The molecule has 4 nitrogen and oxygen atoms in total. The van der Waals surface area contributed by atoms with E-state index in [0.29, 0.717) is 17.4 Å². The van der Waals surface area contributed by atoms with Crippen molar-refractivity contribution in [3.63, 3.8) is 0 Å². The molecule has 0 atom stereocenters. The third kappa shape index (κ3) is 3.25. The van der Waals surface area contributed by atoms with Gasteiger partial charge in [-0.3, -0.25) is 4.79 Å². The molecule has 0 aromatic heterocycles. The van der Waals surface area contributed by atoms with Crippen LogP contribution in [0.2, 0.25) is 0 Å². The van der Waals surface area contributed by atoms with Gasteiger partial charge in [-0.15, -0.1) is 0 Å². The van der Waals surface area contributed by atoms with Crippen LogP contribution in [0.1, 0.15) is 30.9 Å². The average Bonchev–Trinajstić information content (AvgIpc) is 3.23. The van der Waals surface area contributed by atoms with E-state index >= 15 is 0 Å². The predicted octanol–water partition coefficient (Wildman–Crippen LogP) is 2.26. The Morgan fingerprint density at radius 2 is 2.26 bits per heavy atom. The number of hydrogen-bond acceptors (Lipinski definition) is 3. The molecule has 4 heteroatoms. The van der Waals surface area contributed by atoms with Crippen LogP contribution in [-0.4, -0.2) is 30.0 Å². The van der Waals surface area contributed by atoms with E-state index in [0.717, 1.165) is 24.9 Å². The highest BCUT2D eigenvalue weighted by Gasteiger charge is 2.31. The molecule has 1 aromatic carbocycles. The highest BCUT2D eigenvalue weighted by Crippen LogP contribution is 2.27. The monoisotopic (exact) mass is 258 g/mol. The van der Waals surface area contributed by atoms with Gasteiger partial charge in [0, 0.05) is 12.6 Å². The summed E-state index contributed by atoms with van der Waals surface area (Å²) in [7, 11) is 0. The van der Waals surface area contributed by atoms with Crippen molar-refractivity contribution in [2.24, 2.45) is 0 Å². The zero-order valence-electron chi connectivity index (χ0n) is 11.3. The van der Waals surface area contributed by atoms with Gasteiger partial charge >= 0.3 is 0 Å².